The zero-order valence-electron chi connectivity index (χ0n) is 14.7. The highest BCUT2D eigenvalue weighted by molar-refractivity contribution is 5.35. The van der Waals surface area contributed by atoms with Crippen LogP contribution in [0.1, 0.15) is 61.4 Å². The third-order valence-electron chi connectivity index (χ3n) is 5.04. The molecule has 3 N–H and O–H groups in total. The van der Waals surface area contributed by atoms with Crippen LogP contribution in [-0.4, -0.2) is 32.9 Å². The van der Waals surface area contributed by atoms with Crippen molar-refractivity contribution in [2.24, 2.45) is 0 Å². The molecule has 3 rings (SSSR count). The van der Waals surface area contributed by atoms with E-state index >= 15 is 0 Å². The van der Waals surface area contributed by atoms with Gasteiger partial charge in [-0.2, -0.15) is 4.98 Å². The van der Waals surface area contributed by atoms with Crippen LogP contribution in [0.4, 0.5) is 0 Å². The number of nitrogens with zero attached hydrogens (tertiary/aromatic N) is 2. The van der Waals surface area contributed by atoms with Crippen LogP contribution in [0.15, 0.2) is 22.7 Å². The van der Waals surface area contributed by atoms with E-state index in [2.05, 4.69) is 15.5 Å². The number of hydrogen-bond acceptors (Lipinski definition) is 6. The van der Waals surface area contributed by atoms with Crippen LogP contribution in [-0.2, 0) is 19.4 Å². The van der Waals surface area contributed by atoms with Crippen molar-refractivity contribution in [1.29, 1.82) is 0 Å². The van der Waals surface area contributed by atoms with Gasteiger partial charge in [0.15, 0.2) is 5.82 Å². The SMILES string of the molecule is CCc1noc(C2CCC(NCCc3ccc(O)c(CO)c3)CC2)n1. The Labute approximate surface area is 148 Å². The van der Waals surface area contributed by atoms with Crippen LogP contribution >= 0.6 is 0 Å². The van der Waals surface area contributed by atoms with Gasteiger partial charge in [-0.1, -0.05) is 18.1 Å². The Bertz CT molecular complexity index is 678. The quantitative estimate of drug-likeness (QED) is 0.715. The zero-order valence-corrected chi connectivity index (χ0v) is 14.7. The van der Waals surface area contributed by atoms with Crippen molar-refractivity contribution in [3.05, 3.63) is 41.0 Å². The fourth-order valence-corrected chi connectivity index (χ4v) is 3.46. The second-order valence-corrected chi connectivity index (χ2v) is 6.78. The highest BCUT2D eigenvalue weighted by Crippen LogP contribution is 2.32. The van der Waals surface area contributed by atoms with E-state index in [1.807, 2.05) is 19.1 Å². The van der Waals surface area contributed by atoms with Gasteiger partial charge >= 0.3 is 0 Å². The van der Waals surface area contributed by atoms with Crippen molar-refractivity contribution < 1.29 is 14.7 Å². The summed E-state index contributed by atoms with van der Waals surface area (Å²) in [5.41, 5.74) is 1.71. The fraction of sp³-hybridized carbons (Fsp3) is 0.579. The number of benzene rings is 1. The number of hydrogen-bond donors (Lipinski definition) is 3. The van der Waals surface area contributed by atoms with Gasteiger partial charge in [0.05, 0.1) is 6.61 Å². The molecule has 1 aromatic carbocycles. The summed E-state index contributed by atoms with van der Waals surface area (Å²) in [5.74, 6) is 2.15. The van der Waals surface area contributed by atoms with E-state index in [1.165, 1.54) is 0 Å². The monoisotopic (exact) mass is 345 g/mol. The van der Waals surface area contributed by atoms with Crippen molar-refractivity contribution in [2.45, 2.75) is 64.0 Å². The van der Waals surface area contributed by atoms with Crippen LogP contribution in [0.2, 0.25) is 0 Å². The number of aromatic hydroxyl groups is 1. The van der Waals surface area contributed by atoms with Gasteiger partial charge in [-0.15, -0.1) is 0 Å². The minimum atomic E-state index is -0.132. The Kier molecular flexibility index (Phi) is 6.04. The molecule has 136 valence electrons. The summed E-state index contributed by atoms with van der Waals surface area (Å²) in [6.07, 6.45) is 6.10. The van der Waals surface area contributed by atoms with E-state index in [1.54, 1.807) is 6.07 Å². The van der Waals surface area contributed by atoms with Crippen LogP contribution < -0.4 is 5.32 Å². The molecule has 1 saturated carbocycles. The largest absolute Gasteiger partial charge is 0.508 e. The summed E-state index contributed by atoms with van der Waals surface area (Å²) in [4.78, 5) is 4.46. The lowest BCUT2D eigenvalue weighted by atomic mass is 9.86. The molecule has 0 spiro atoms. The van der Waals surface area contributed by atoms with E-state index < -0.39 is 0 Å². The number of rotatable bonds is 7. The maximum atomic E-state index is 9.61. The molecule has 0 radical (unpaired) electrons. The molecule has 0 bridgehead atoms. The summed E-state index contributed by atoms with van der Waals surface area (Å²) in [6.45, 7) is 2.80. The first-order chi connectivity index (χ1) is 12.2. The van der Waals surface area contributed by atoms with Crippen molar-refractivity contribution in [3.8, 4) is 5.75 Å². The Morgan fingerprint density at radius 2 is 2.04 bits per heavy atom. The molecule has 6 heteroatoms. The van der Waals surface area contributed by atoms with Gasteiger partial charge < -0.3 is 20.1 Å². The number of aromatic nitrogens is 2. The summed E-state index contributed by atoms with van der Waals surface area (Å²) in [5, 5.41) is 26.4. The number of nitrogens with one attached hydrogen (secondary N) is 1. The predicted octanol–water partition coefficient (Wildman–Crippen LogP) is 2.69. The highest BCUT2D eigenvalue weighted by Gasteiger charge is 2.25. The second kappa shape index (κ2) is 8.45. The molecule has 1 heterocycles. The molecule has 0 atom stereocenters. The first-order valence-electron chi connectivity index (χ1n) is 9.17. The number of phenols is 1. The molecule has 25 heavy (non-hydrogen) atoms. The molecule has 1 aromatic heterocycles. The average Bonchev–Trinajstić information content (AvgIpc) is 3.13. The van der Waals surface area contributed by atoms with Gasteiger partial charge in [0.25, 0.3) is 0 Å². The van der Waals surface area contributed by atoms with Gasteiger partial charge in [-0.3, -0.25) is 0 Å². The molecule has 0 amide bonds. The Morgan fingerprint density at radius 3 is 2.72 bits per heavy atom. The van der Waals surface area contributed by atoms with Gasteiger partial charge in [-0.25, -0.2) is 0 Å². The van der Waals surface area contributed by atoms with E-state index in [9.17, 15) is 10.2 Å². The Morgan fingerprint density at radius 1 is 1.24 bits per heavy atom. The van der Waals surface area contributed by atoms with Gasteiger partial charge in [0.2, 0.25) is 5.89 Å². The molecule has 1 aliphatic rings. The molecule has 6 nitrogen and oxygen atoms in total. The molecule has 2 aromatic rings. The summed E-state index contributed by atoms with van der Waals surface area (Å²) in [6, 6.07) is 5.96. The van der Waals surface area contributed by atoms with Crippen LogP contribution in [0, 0.1) is 0 Å². The average molecular weight is 345 g/mol. The first-order valence-corrected chi connectivity index (χ1v) is 9.17. The van der Waals surface area contributed by atoms with Gasteiger partial charge in [0, 0.05) is 23.9 Å². The van der Waals surface area contributed by atoms with Crippen molar-refractivity contribution >= 4 is 0 Å². The van der Waals surface area contributed by atoms with Crippen LogP contribution in [0.25, 0.3) is 0 Å². The molecule has 0 aliphatic heterocycles. The van der Waals surface area contributed by atoms with E-state index in [-0.39, 0.29) is 12.4 Å². The van der Waals surface area contributed by atoms with Gasteiger partial charge in [-0.05, 0) is 56.3 Å². The second-order valence-electron chi connectivity index (χ2n) is 6.78. The lowest BCUT2D eigenvalue weighted by Gasteiger charge is -2.27. The standard InChI is InChI=1S/C19H27N3O3/c1-2-18-21-19(25-22-18)14-4-6-16(7-5-14)20-10-9-13-3-8-17(24)15(11-13)12-23/h3,8,11,14,16,20,23-24H,2,4-7,9-10,12H2,1H3. The van der Waals surface area contributed by atoms with Gasteiger partial charge in [0.1, 0.15) is 5.75 Å². The molecule has 0 saturated heterocycles. The van der Waals surface area contributed by atoms with Crippen molar-refractivity contribution in [1.82, 2.24) is 15.5 Å². The minimum Gasteiger partial charge on any atom is -0.508 e. The first kappa shape index (κ1) is 17.9. The smallest absolute Gasteiger partial charge is 0.229 e. The normalized spacial score (nSPS) is 20.7. The molecule has 0 unspecified atom stereocenters. The van der Waals surface area contributed by atoms with E-state index in [4.69, 9.17) is 4.52 Å². The number of aryl methyl sites for hydroxylation is 1. The summed E-state index contributed by atoms with van der Waals surface area (Å²) >= 11 is 0. The zero-order chi connectivity index (χ0) is 17.6. The minimum absolute atomic E-state index is 0.132. The maximum Gasteiger partial charge on any atom is 0.229 e. The summed E-state index contributed by atoms with van der Waals surface area (Å²) < 4.78 is 5.38. The lowest BCUT2D eigenvalue weighted by molar-refractivity contribution is 0.275. The fourth-order valence-electron chi connectivity index (χ4n) is 3.46. The number of aliphatic hydroxyl groups excluding tert-OH is 1. The van der Waals surface area contributed by atoms with Crippen LogP contribution in [0.5, 0.6) is 5.75 Å². The molecular weight excluding hydrogens is 318 g/mol. The maximum absolute atomic E-state index is 9.61. The van der Waals surface area contributed by atoms with E-state index in [0.717, 1.165) is 62.3 Å². The topological polar surface area (TPSA) is 91.4 Å². The Balaban J connectivity index is 1.42. The van der Waals surface area contributed by atoms with E-state index in [0.29, 0.717) is 17.5 Å². The predicted molar refractivity (Wildman–Crippen MR) is 94.4 cm³/mol. The number of aliphatic hydroxyl groups is 1. The van der Waals surface area contributed by atoms with Crippen molar-refractivity contribution in [3.63, 3.8) is 0 Å². The Hall–Kier alpha value is -1.92. The molecule has 1 aliphatic carbocycles. The third-order valence-corrected chi connectivity index (χ3v) is 5.04. The van der Waals surface area contributed by atoms with Crippen molar-refractivity contribution in [2.75, 3.05) is 6.54 Å². The molecule has 1 fully saturated rings. The highest BCUT2D eigenvalue weighted by atomic mass is 16.5. The summed E-state index contributed by atoms with van der Waals surface area (Å²) in [7, 11) is 0. The van der Waals surface area contributed by atoms with Crippen LogP contribution in [0.3, 0.4) is 0 Å². The lowest BCUT2D eigenvalue weighted by Crippen LogP contribution is -2.34. The molecular formula is C19H27N3O3. The third kappa shape index (κ3) is 4.58.